The number of imidazole rings is 1. The molecule has 0 saturated carbocycles. The molecule has 0 spiro atoms. The lowest BCUT2D eigenvalue weighted by Gasteiger charge is -2.05. The number of aromatic nitrogens is 2. The molecule has 0 fully saturated rings. The van der Waals surface area contributed by atoms with Crippen LogP contribution in [0.3, 0.4) is 0 Å². The lowest BCUT2D eigenvalue weighted by atomic mass is 10.5. The maximum atomic E-state index is 10.9. The van der Waals surface area contributed by atoms with E-state index in [2.05, 4.69) is 4.98 Å². The highest BCUT2D eigenvalue weighted by Gasteiger charge is 2.18. The standard InChI is InChI=1S/C11H16N4O4/c1-9(16)19-7-6-14-10(4-5-13(2)3)12-8-11(14)15(17)18/h4-5,8H,6-7H2,1-3H3/b5-4+. The smallest absolute Gasteiger partial charge is 0.343 e. The Kier molecular flexibility index (Phi) is 5.04. The summed E-state index contributed by atoms with van der Waals surface area (Å²) in [5, 5.41) is 10.9. The molecule has 19 heavy (non-hydrogen) atoms. The summed E-state index contributed by atoms with van der Waals surface area (Å²) in [5.74, 6) is -0.119. The first kappa shape index (κ1) is 14.7. The minimum atomic E-state index is -0.520. The lowest BCUT2D eigenvalue weighted by molar-refractivity contribution is -0.392. The summed E-state index contributed by atoms with van der Waals surface area (Å²) in [6.45, 7) is 1.54. The molecule has 1 aromatic rings. The van der Waals surface area contributed by atoms with Crippen LogP contribution in [-0.4, -0.2) is 46.0 Å². The van der Waals surface area contributed by atoms with E-state index in [0.717, 1.165) is 0 Å². The normalized spacial score (nSPS) is 10.7. The molecule has 1 heterocycles. The number of hydrogen-bond acceptors (Lipinski definition) is 6. The Morgan fingerprint density at radius 3 is 2.84 bits per heavy atom. The summed E-state index contributed by atoms with van der Waals surface area (Å²) in [6.07, 6.45) is 4.57. The largest absolute Gasteiger partial charge is 0.462 e. The van der Waals surface area contributed by atoms with Crippen LogP contribution in [-0.2, 0) is 16.1 Å². The third-order valence-corrected chi connectivity index (χ3v) is 2.19. The number of ether oxygens (including phenoxy) is 1. The molecule has 8 heteroatoms. The van der Waals surface area contributed by atoms with Gasteiger partial charge >= 0.3 is 11.8 Å². The van der Waals surface area contributed by atoms with Gasteiger partial charge < -0.3 is 19.8 Å². The van der Waals surface area contributed by atoms with E-state index >= 15 is 0 Å². The Balaban J connectivity index is 2.91. The topological polar surface area (TPSA) is 90.5 Å². The summed E-state index contributed by atoms with van der Waals surface area (Å²) < 4.78 is 6.18. The molecule has 0 N–H and O–H groups in total. The Bertz CT molecular complexity index is 493. The molecular formula is C11H16N4O4. The molecule has 1 rings (SSSR count). The fourth-order valence-electron chi connectivity index (χ4n) is 1.38. The van der Waals surface area contributed by atoms with E-state index in [4.69, 9.17) is 4.74 Å². The molecule has 0 radical (unpaired) electrons. The van der Waals surface area contributed by atoms with Crippen LogP contribution in [0.4, 0.5) is 5.82 Å². The quantitative estimate of drug-likeness (QED) is 0.432. The molecule has 0 bridgehead atoms. The third-order valence-electron chi connectivity index (χ3n) is 2.19. The van der Waals surface area contributed by atoms with Gasteiger partial charge in [0.05, 0.1) is 0 Å². The second-order valence-electron chi connectivity index (χ2n) is 4.00. The molecule has 0 amide bonds. The van der Waals surface area contributed by atoms with E-state index in [1.54, 1.807) is 17.2 Å². The second kappa shape index (κ2) is 6.53. The van der Waals surface area contributed by atoms with Gasteiger partial charge in [-0.05, 0) is 4.92 Å². The summed E-state index contributed by atoms with van der Waals surface area (Å²) in [7, 11) is 3.66. The lowest BCUT2D eigenvalue weighted by Crippen LogP contribution is -2.12. The van der Waals surface area contributed by atoms with Crippen molar-refractivity contribution in [1.82, 2.24) is 14.5 Å². The zero-order valence-corrected chi connectivity index (χ0v) is 11.1. The number of rotatable bonds is 6. The van der Waals surface area contributed by atoms with Crippen LogP contribution in [0.15, 0.2) is 12.4 Å². The number of esters is 1. The fourth-order valence-corrected chi connectivity index (χ4v) is 1.38. The predicted octanol–water partition coefficient (Wildman–Crippen LogP) is 0.887. The van der Waals surface area contributed by atoms with Gasteiger partial charge in [-0.1, -0.05) is 0 Å². The minimum Gasteiger partial charge on any atom is -0.462 e. The van der Waals surface area contributed by atoms with Gasteiger partial charge in [-0.2, -0.15) is 0 Å². The monoisotopic (exact) mass is 268 g/mol. The van der Waals surface area contributed by atoms with Gasteiger partial charge in [0.2, 0.25) is 5.82 Å². The second-order valence-corrected chi connectivity index (χ2v) is 4.00. The highest BCUT2D eigenvalue weighted by Crippen LogP contribution is 2.15. The van der Waals surface area contributed by atoms with Crippen LogP contribution in [0.25, 0.3) is 6.08 Å². The summed E-state index contributed by atoms with van der Waals surface area (Å²) in [5.41, 5.74) is 0. The molecule has 0 aliphatic heterocycles. The van der Waals surface area contributed by atoms with Crippen molar-refractivity contribution in [2.75, 3.05) is 20.7 Å². The van der Waals surface area contributed by atoms with Crippen molar-refractivity contribution in [3.8, 4) is 0 Å². The van der Waals surface area contributed by atoms with Crippen LogP contribution in [0.2, 0.25) is 0 Å². The molecule has 1 aromatic heterocycles. The van der Waals surface area contributed by atoms with Gasteiger partial charge in [0, 0.05) is 33.3 Å². The first-order valence-corrected chi connectivity index (χ1v) is 5.59. The summed E-state index contributed by atoms with van der Waals surface area (Å²) in [4.78, 5) is 26.8. The molecule has 104 valence electrons. The first-order valence-electron chi connectivity index (χ1n) is 5.59. The molecular weight excluding hydrogens is 252 g/mol. The minimum absolute atomic E-state index is 0.0648. The number of carbonyl (C=O) groups excluding carboxylic acids is 1. The molecule has 0 unspecified atom stereocenters. The van der Waals surface area contributed by atoms with Gasteiger partial charge in [0.25, 0.3) is 0 Å². The van der Waals surface area contributed by atoms with Crippen LogP contribution < -0.4 is 0 Å². The molecule has 0 aliphatic carbocycles. The maximum absolute atomic E-state index is 10.9. The summed E-state index contributed by atoms with van der Waals surface area (Å²) >= 11 is 0. The van der Waals surface area contributed by atoms with Crippen molar-refractivity contribution in [3.63, 3.8) is 0 Å². The van der Waals surface area contributed by atoms with E-state index in [9.17, 15) is 14.9 Å². The van der Waals surface area contributed by atoms with Crippen molar-refractivity contribution in [3.05, 3.63) is 28.3 Å². The maximum Gasteiger partial charge on any atom is 0.343 e. The third kappa shape index (κ3) is 4.41. The number of hydrogen-bond donors (Lipinski definition) is 0. The Morgan fingerprint density at radius 2 is 2.32 bits per heavy atom. The van der Waals surface area contributed by atoms with E-state index in [-0.39, 0.29) is 19.0 Å². The zero-order chi connectivity index (χ0) is 14.4. The Hall–Kier alpha value is -2.38. The van der Waals surface area contributed by atoms with E-state index < -0.39 is 10.9 Å². The van der Waals surface area contributed by atoms with Gasteiger partial charge in [-0.15, -0.1) is 0 Å². The van der Waals surface area contributed by atoms with E-state index in [0.29, 0.717) is 5.82 Å². The van der Waals surface area contributed by atoms with Gasteiger partial charge in [-0.25, -0.2) is 9.55 Å². The van der Waals surface area contributed by atoms with Crippen molar-refractivity contribution < 1.29 is 14.5 Å². The molecule has 8 nitrogen and oxygen atoms in total. The Morgan fingerprint density at radius 1 is 1.63 bits per heavy atom. The van der Waals surface area contributed by atoms with Crippen molar-refractivity contribution in [1.29, 1.82) is 0 Å². The molecule has 0 atom stereocenters. The molecule has 0 saturated heterocycles. The van der Waals surface area contributed by atoms with Crippen molar-refractivity contribution >= 4 is 17.9 Å². The highest BCUT2D eigenvalue weighted by atomic mass is 16.6. The van der Waals surface area contributed by atoms with Crippen LogP contribution in [0, 0.1) is 10.1 Å². The van der Waals surface area contributed by atoms with Crippen molar-refractivity contribution in [2.45, 2.75) is 13.5 Å². The van der Waals surface area contributed by atoms with Crippen molar-refractivity contribution in [2.24, 2.45) is 0 Å². The average Bonchev–Trinajstić information content (AvgIpc) is 2.69. The molecule has 0 aliphatic rings. The van der Waals surface area contributed by atoms with Gasteiger partial charge in [0.1, 0.15) is 19.3 Å². The van der Waals surface area contributed by atoms with Crippen LogP contribution in [0.5, 0.6) is 0 Å². The first-order chi connectivity index (χ1) is 8.91. The number of nitrogens with zero attached hydrogens (tertiary/aromatic N) is 4. The number of carbonyl (C=O) groups is 1. The summed E-state index contributed by atoms with van der Waals surface area (Å²) in [6, 6.07) is 0. The predicted molar refractivity (Wildman–Crippen MR) is 68.2 cm³/mol. The zero-order valence-electron chi connectivity index (χ0n) is 11.1. The number of nitro groups is 1. The highest BCUT2D eigenvalue weighted by molar-refractivity contribution is 5.65. The van der Waals surface area contributed by atoms with Gasteiger partial charge in [-0.3, -0.25) is 4.79 Å². The SMILES string of the molecule is CC(=O)OCCn1c([N+](=O)[O-])cnc1/C=C/N(C)C. The van der Waals surface area contributed by atoms with Crippen LogP contribution in [0.1, 0.15) is 12.7 Å². The van der Waals surface area contributed by atoms with Crippen LogP contribution >= 0.6 is 0 Å². The Labute approximate surface area is 110 Å². The average molecular weight is 268 g/mol. The molecule has 0 aromatic carbocycles. The van der Waals surface area contributed by atoms with E-state index in [1.165, 1.54) is 17.7 Å². The van der Waals surface area contributed by atoms with Gasteiger partial charge in [0.15, 0.2) is 0 Å². The van der Waals surface area contributed by atoms with E-state index in [1.807, 2.05) is 14.1 Å². The fraction of sp³-hybridized carbons (Fsp3) is 0.455.